The van der Waals surface area contributed by atoms with Gasteiger partial charge in [0.05, 0.1) is 12.1 Å². The first-order chi connectivity index (χ1) is 14.4. The molecule has 4 heteroatoms. The molecule has 164 valence electrons. The largest absolute Gasteiger partial charge is 0.351 e. The average molecular weight is 413 g/mol. The number of hydrogen-bond donors (Lipinski definition) is 1. The van der Waals surface area contributed by atoms with Crippen LogP contribution in [0.1, 0.15) is 58.3 Å². The molecular weight excluding hydrogens is 375 g/mol. The predicted octanol–water partition coefficient (Wildman–Crippen LogP) is 4.81. The van der Waals surface area contributed by atoms with E-state index in [1.54, 1.807) is 0 Å². The number of alkyl halides is 1. The zero-order valence-electron chi connectivity index (χ0n) is 18.5. The second-order valence-corrected chi connectivity index (χ2v) is 11.3. The predicted molar refractivity (Wildman–Crippen MR) is 119 cm³/mol. The van der Waals surface area contributed by atoms with E-state index in [1.807, 2.05) is 25.2 Å². The Hall–Kier alpha value is -1.42. The summed E-state index contributed by atoms with van der Waals surface area (Å²) in [5.41, 5.74) is 0.246. The molecule has 7 rings (SSSR count). The molecule has 6 bridgehead atoms. The molecule has 1 amide bonds. The number of nitrogens with one attached hydrogen (secondary N) is 1. The van der Waals surface area contributed by atoms with Gasteiger partial charge in [0.15, 0.2) is 0 Å². The molecule has 7 fully saturated rings. The van der Waals surface area contributed by atoms with Crippen LogP contribution >= 0.6 is 0 Å². The molecule has 1 N–H and O–H groups in total. The monoisotopic (exact) mass is 412 g/mol. The minimum atomic E-state index is -0.408. The lowest BCUT2D eigenvalue weighted by molar-refractivity contribution is -0.173. The van der Waals surface area contributed by atoms with Crippen LogP contribution in [0, 0.1) is 28.1 Å². The van der Waals surface area contributed by atoms with Crippen molar-refractivity contribution in [3.8, 4) is 0 Å². The van der Waals surface area contributed by atoms with Crippen molar-refractivity contribution in [2.45, 2.75) is 64.3 Å². The van der Waals surface area contributed by atoms with Gasteiger partial charge in [-0.1, -0.05) is 30.9 Å². The van der Waals surface area contributed by atoms with Gasteiger partial charge in [-0.3, -0.25) is 9.18 Å². The number of allylic oxidation sites excluding steroid dienone is 5. The van der Waals surface area contributed by atoms with Crippen LogP contribution in [-0.2, 0) is 4.79 Å². The molecule has 0 radical (unpaired) electrons. The van der Waals surface area contributed by atoms with E-state index in [4.69, 9.17) is 0 Å². The van der Waals surface area contributed by atoms with Gasteiger partial charge in [0.2, 0.25) is 5.91 Å². The zero-order chi connectivity index (χ0) is 21.0. The van der Waals surface area contributed by atoms with E-state index in [0.717, 1.165) is 50.6 Å². The van der Waals surface area contributed by atoms with E-state index in [-0.39, 0.29) is 29.5 Å². The lowest BCUT2D eigenvalue weighted by atomic mass is 9.38. The summed E-state index contributed by atoms with van der Waals surface area (Å²) in [6.45, 7) is 9.49. The fraction of sp³-hybridized carbons (Fsp3) is 0.731. The number of carbonyl (C=O) groups is 1. The Kier molecular flexibility index (Phi) is 5.00. The van der Waals surface area contributed by atoms with Gasteiger partial charge in [0, 0.05) is 18.0 Å². The molecule has 0 aromatic rings. The Bertz CT molecular complexity index is 782. The first-order valence-corrected chi connectivity index (χ1v) is 12.0. The Balaban J connectivity index is 1.41. The number of amides is 1. The van der Waals surface area contributed by atoms with Crippen LogP contribution in [-0.4, -0.2) is 43.2 Å². The highest BCUT2D eigenvalue weighted by atomic mass is 19.1. The third-order valence-corrected chi connectivity index (χ3v) is 9.20. The van der Waals surface area contributed by atoms with Gasteiger partial charge in [0.1, 0.15) is 0 Å². The molecular formula is C26H37FN2O. The first kappa shape index (κ1) is 20.5. The van der Waals surface area contributed by atoms with E-state index in [1.165, 1.54) is 25.9 Å². The van der Waals surface area contributed by atoms with Crippen molar-refractivity contribution in [1.29, 1.82) is 0 Å². The van der Waals surface area contributed by atoms with Crippen LogP contribution in [0.4, 0.5) is 4.39 Å². The molecule has 0 aromatic heterocycles. The molecule has 7 aliphatic rings. The van der Waals surface area contributed by atoms with E-state index >= 15 is 0 Å². The molecule has 4 saturated carbocycles. The zero-order valence-corrected chi connectivity index (χ0v) is 18.5. The summed E-state index contributed by atoms with van der Waals surface area (Å²) < 4.78 is 14.5. The molecule has 3 nitrogen and oxygen atoms in total. The number of rotatable bonds is 6. The fourth-order valence-electron chi connectivity index (χ4n) is 8.31. The van der Waals surface area contributed by atoms with E-state index in [0.29, 0.717) is 11.8 Å². The SMILES string of the molecule is C=C(/C=C\C=C/C)[C@]12CC3CC(C(=O)N[C@H]4CN5CCC4CC5)(C[C@](CF)(C3)C1)C2. The molecule has 2 unspecified atom stereocenters. The molecule has 3 heterocycles. The van der Waals surface area contributed by atoms with Crippen molar-refractivity contribution in [3.63, 3.8) is 0 Å². The molecule has 3 aliphatic heterocycles. The van der Waals surface area contributed by atoms with Crippen molar-refractivity contribution in [3.05, 3.63) is 36.5 Å². The maximum atomic E-state index is 14.5. The summed E-state index contributed by atoms with van der Waals surface area (Å²) in [5, 5.41) is 3.50. The van der Waals surface area contributed by atoms with Crippen molar-refractivity contribution in [1.82, 2.24) is 10.2 Å². The smallest absolute Gasteiger partial charge is 0.226 e. The minimum absolute atomic E-state index is 0.115. The van der Waals surface area contributed by atoms with Crippen LogP contribution < -0.4 is 5.32 Å². The molecule has 3 saturated heterocycles. The molecule has 0 aromatic carbocycles. The number of hydrogen-bond acceptors (Lipinski definition) is 2. The van der Waals surface area contributed by atoms with E-state index in [2.05, 4.69) is 22.9 Å². The molecule has 5 atom stereocenters. The standard InChI is InChI=1S/C26H37FN2O/c1-3-4-5-6-19(2)25-12-20-11-24(15-25,18-27)16-26(13-20,17-25)23(30)28-22-14-29-9-7-21(22)8-10-29/h3-6,20-22H,2,7-18H2,1H3,(H,28,30)/b4-3-,6-5-/t20?,22-,24-,25+,26?/m0/s1. The second-order valence-electron chi connectivity index (χ2n) is 11.3. The Labute approximate surface area is 180 Å². The molecule has 30 heavy (non-hydrogen) atoms. The number of fused-ring (bicyclic) bond motifs is 3. The van der Waals surface area contributed by atoms with Crippen LogP contribution in [0.2, 0.25) is 0 Å². The second kappa shape index (κ2) is 7.32. The summed E-state index contributed by atoms with van der Waals surface area (Å²) in [4.78, 5) is 16.3. The lowest BCUT2D eigenvalue weighted by Gasteiger charge is -2.66. The highest BCUT2D eigenvalue weighted by molar-refractivity contribution is 5.84. The molecule has 4 aliphatic carbocycles. The van der Waals surface area contributed by atoms with E-state index < -0.39 is 5.41 Å². The summed E-state index contributed by atoms with van der Waals surface area (Å²) in [6, 6.07) is 0.281. The van der Waals surface area contributed by atoms with Crippen molar-refractivity contribution in [2.75, 3.05) is 26.3 Å². The summed E-state index contributed by atoms with van der Waals surface area (Å²) in [6.07, 6.45) is 16.0. The third kappa shape index (κ3) is 3.21. The fourth-order valence-corrected chi connectivity index (χ4v) is 8.31. The maximum absolute atomic E-state index is 14.5. The minimum Gasteiger partial charge on any atom is -0.351 e. The number of carbonyl (C=O) groups excluding carboxylic acids is 1. The van der Waals surface area contributed by atoms with Crippen molar-refractivity contribution >= 4 is 5.91 Å². The Morgan fingerprint density at radius 3 is 2.53 bits per heavy atom. The van der Waals surface area contributed by atoms with Crippen molar-refractivity contribution < 1.29 is 9.18 Å². The summed E-state index contributed by atoms with van der Waals surface area (Å²) >= 11 is 0. The van der Waals surface area contributed by atoms with Gasteiger partial charge in [-0.25, -0.2) is 0 Å². The Morgan fingerprint density at radius 1 is 1.13 bits per heavy atom. The van der Waals surface area contributed by atoms with Gasteiger partial charge in [-0.15, -0.1) is 0 Å². The van der Waals surface area contributed by atoms with Gasteiger partial charge in [-0.2, -0.15) is 0 Å². The third-order valence-electron chi connectivity index (χ3n) is 9.20. The van der Waals surface area contributed by atoms with Crippen molar-refractivity contribution in [2.24, 2.45) is 28.1 Å². The average Bonchev–Trinajstić information content (AvgIpc) is 2.74. The van der Waals surface area contributed by atoms with Crippen LogP contribution in [0.15, 0.2) is 36.5 Å². The highest BCUT2D eigenvalue weighted by Gasteiger charge is 2.66. The van der Waals surface area contributed by atoms with Gasteiger partial charge < -0.3 is 10.2 Å². The quantitative estimate of drug-likeness (QED) is 0.635. The molecule has 0 spiro atoms. The lowest BCUT2D eigenvalue weighted by Crippen LogP contribution is -2.65. The van der Waals surface area contributed by atoms with Gasteiger partial charge in [0.25, 0.3) is 0 Å². The summed E-state index contributed by atoms with van der Waals surface area (Å²) in [5.74, 6) is 1.29. The Morgan fingerprint density at radius 2 is 1.87 bits per heavy atom. The van der Waals surface area contributed by atoms with Gasteiger partial charge >= 0.3 is 0 Å². The van der Waals surface area contributed by atoms with Crippen LogP contribution in [0.25, 0.3) is 0 Å². The topological polar surface area (TPSA) is 32.3 Å². The summed E-state index contributed by atoms with van der Waals surface area (Å²) in [7, 11) is 0. The van der Waals surface area contributed by atoms with Gasteiger partial charge in [-0.05, 0) is 94.2 Å². The van der Waals surface area contributed by atoms with E-state index in [9.17, 15) is 9.18 Å². The number of piperidine rings is 3. The van der Waals surface area contributed by atoms with Crippen LogP contribution in [0.5, 0.6) is 0 Å². The highest BCUT2D eigenvalue weighted by Crippen LogP contribution is 2.71. The number of nitrogens with zero attached hydrogens (tertiary/aromatic N) is 1. The van der Waals surface area contributed by atoms with Crippen LogP contribution in [0.3, 0.4) is 0 Å². The normalized spacial score (nSPS) is 46.7. The number of halogens is 1. The maximum Gasteiger partial charge on any atom is 0.226 e. The first-order valence-electron chi connectivity index (χ1n) is 12.0.